The van der Waals surface area contributed by atoms with E-state index < -0.39 is 5.82 Å². The summed E-state index contributed by atoms with van der Waals surface area (Å²) in [4.78, 5) is 20.7. The molecule has 7 nitrogen and oxygen atoms in total. The molecule has 8 heteroatoms. The van der Waals surface area contributed by atoms with Gasteiger partial charge in [-0.1, -0.05) is 0 Å². The van der Waals surface area contributed by atoms with Gasteiger partial charge in [-0.25, -0.2) is 9.38 Å². The predicted octanol–water partition coefficient (Wildman–Crippen LogP) is -0.379. The topological polar surface area (TPSA) is 111 Å². The second-order valence-corrected chi connectivity index (χ2v) is 6.11. The molecule has 1 amide bonds. The number of amidine groups is 1. The van der Waals surface area contributed by atoms with Crippen molar-refractivity contribution in [1.82, 2.24) is 10.2 Å². The van der Waals surface area contributed by atoms with E-state index in [1.54, 1.807) is 30.3 Å². The summed E-state index contributed by atoms with van der Waals surface area (Å²) in [6.45, 7) is 2.55. The van der Waals surface area contributed by atoms with Gasteiger partial charge in [0.05, 0.1) is 17.8 Å². The summed E-state index contributed by atoms with van der Waals surface area (Å²) in [6.07, 6.45) is 3.59. The highest BCUT2D eigenvalue weighted by Crippen LogP contribution is 2.24. The number of benzene rings is 1. The fourth-order valence-corrected chi connectivity index (χ4v) is 2.92. The molecule has 0 aromatic heterocycles. The second-order valence-electron chi connectivity index (χ2n) is 6.11. The number of nitrogens with two attached hydrogens (primary N) is 2. The molecule has 1 aliphatic rings. The van der Waals surface area contributed by atoms with Crippen LogP contribution >= 0.6 is 0 Å². The molecule has 144 valence electrons. The van der Waals surface area contributed by atoms with Gasteiger partial charge in [-0.05, 0) is 18.2 Å². The molecular weight excluding hydrogens is 347 g/mol. The monoisotopic (exact) mass is 373 g/mol. The average Bonchev–Trinajstić information content (AvgIpc) is 2.67. The minimum absolute atomic E-state index is 0.0140. The molecule has 0 atom stereocenters. The van der Waals surface area contributed by atoms with Crippen molar-refractivity contribution in [3.05, 3.63) is 47.0 Å². The first-order valence-electron chi connectivity index (χ1n) is 8.63. The normalized spacial score (nSPS) is 16.2. The Balaban J connectivity index is 2.42. The second kappa shape index (κ2) is 8.98. The van der Waals surface area contributed by atoms with Crippen LogP contribution in [0.3, 0.4) is 0 Å². The quantitative estimate of drug-likeness (QED) is 0.417. The van der Waals surface area contributed by atoms with Crippen LogP contribution in [0.1, 0.15) is 18.9 Å². The smallest absolute Gasteiger partial charge is 0.219 e. The molecule has 0 saturated carbocycles. The van der Waals surface area contributed by atoms with E-state index in [1.165, 1.54) is 19.2 Å². The van der Waals surface area contributed by atoms with Gasteiger partial charge in [-0.15, -0.1) is 0 Å². The van der Waals surface area contributed by atoms with Crippen molar-refractivity contribution in [2.75, 3.05) is 27.2 Å². The molecule has 0 unspecified atom stereocenters. The van der Waals surface area contributed by atoms with Gasteiger partial charge >= 0.3 is 0 Å². The van der Waals surface area contributed by atoms with E-state index in [0.717, 1.165) is 11.3 Å². The van der Waals surface area contributed by atoms with Crippen LogP contribution < -0.4 is 21.8 Å². The van der Waals surface area contributed by atoms with Crippen LogP contribution in [0.4, 0.5) is 10.1 Å². The molecule has 6 N–H and O–H groups in total. The van der Waals surface area contributed by atoms with Gasteiger partial charge in [0.2, 0.25) is 5.91 Å². The summed E-state index contributed by atoms with van der Waals surface area (Å²) in [5.74, 6) is -0.134. The zero-order valence-corrected chi connectivity index (χ0v) is 15.8. The molecule has 1 heterocycles. The number of rotatable bonds is 5. The summed E-state index contributed by atoms with van der Waals surface area (Å²) in [6, 6.07) is 4.45. The number of aliphatic imine (C=N–C) groups is 1. The van der Waals surface area contributed by atoms with Crippen molar-refractivity contribution in [2.45, 2.75) is 13.3 Å². The van der Waals surface area contributed by atoms with Crippen LogP contribution in [-0.2, 0) is 4.79 Å². The summed E-state index contributed by atoms with van der Waals surface area (Å²) < 4.78 is 14.2. The third-order valence-electron chi connectivity index (χ3n) is 4.39. The molecule has 0 fully saturated rings. The van der Waals surface area contributed by atoms with Crippen LogP contribution in [-0.4, -0.2) is 50.0 Å². The lowest BCUT2D eigenvalue weighted by atomic mass is 10.0. The minimum atomic E-state index is -0.411. The first-order chi connectivity index (χ1) is 12.9. The number of halogens is 1. The Morgan fingerprint density at radius 1 is 1.44 bits per heavy atom. The summed E-state index contributed by atoms with van der Waals surface area (Å²) in [5.41, 5.74) is 14.8. The molecule has 2 rings (SSSR count). The van der Waals surface area contributed by atoms with E-state index in [0.29, 0.717) is 42.2 Å². The lowest BCUT2D eigenvalue weighted by molar-refractivity contribution is -0.412. The van der Waals surface area contributed by atoms with Gasteiger partial charge in [0.1, 0.15) is 18.7 Å². The van der Waals surface area contributed by atoms with E-state index >= 15 is 0 Å². The zero-order chi connectivity index (χ0) is 20.0. The van der Waals surface area contributed by atoms with Crippen molar-refractivity contribution in [3.63, 3.8) is 0 Å². The summed E-state index contributed by atoms with van der Waals surface area (Å²) in [7, 11) is 3.52. The standard InChI is InChI=1S/C19H25FN6O/c1-12(27)26-7-6-18(24-3)16(11-26)19(22)25-14-4-5-17(20)15(8-14)13(9-21)10-23-2/h4-5,8-10,24H,6-7,11,21H2,1-3H3,(H2,22,25)/p+1. The molecule has 0 spiro atoms. The molecule has 0 aliphatic carbocycles. The number of nitrogens with zero attached hydrogens (tertiary/aromatic N) is 2. The van der Waals surface area contributed by atoms with Crippen molar-refractivity contribution < 1.29 is 14.2 Å². The lowest BCUT2D eigenvalue weighted by Gasteiger charge is -2.29. The number of hydrogen-bond donors (Lipinski definition) is 4. The number of hydrogen-bond acceptors (Lipinski definition) is 4. The highest BCUT2D eigenvalue weighted by Gasteiger charge is 2.22. The zero-order valence-electron chi connectivity index (χ0n) is 15.8. The Bertz CT molecular complexity index is 841. The molecular formula is C19H26FN6O+. The molecule has 0 bridgehead atoms. The van der Waals surface area contributed by atoms with Gasteiger partial charge in [-0.2, -0.15) is 0 Å². The number of amides is 1. The maximum absolute atomic E-state index is 14.2. The van der Waals surface area contributed by atoms with Crippen molar-refractivity contribution in [1.29, 1.82) is 0 Å². The largest absolute Gasteiger partial charge is 0.404 e. The number of allylic oxidation sites excluding steroid dienone is 1. The van der Waals surface area contributed by atoms with Crippen LogP contribution in [0.25, 0.3) is 5.57 Å². The van der Waals surface area contributed by atoms with E-state index in [9.17, 15) is 9.18 Å². The average molecular weight is 373 g/mol. The van der Waals surface area contributed by atoms with E-state index in [4.69, 9.17) is 11.5 Å². The van der Waals surface area contributed by atoms with Crippen LogP contribution in [0.2, 0.25) is 0 Å². The summed E-state index contributed by atoms with van der Waals surface area (Å²) in [5, 5.41) is 3.13. The van der Waals surface area contributed by atoms with Gasteiger partial charge in [0, 0.05) is 50.0 Å². The van der Waals surface area contributed by atoms with Gasteiger partial charge < -0.3 is 21.7 Å². The summed E-state index contributed by atoms with van der Waals surface area (Å²) >= 11 is 0. The Labute approximate surface area is 158 Å². The number of nitrogens with one attached hydrogen (secondary N) is 2. The highest BCUT2D eigenvalue weighted by molar-refractivity contribution is 6.07. The lowest BCUT2D eigenvalue weighted by Crippen LogP contribution is -2.63. The Morgan fingerprint density at radius 2 is 2.19 bits per heavy atom. The van der Waals surface area contributed by atoms with Gasteiger partial charge in [0.25, 0.3) is 0 Å². The fraction of sp³-hybridized carbons (Fsp3) is 0.316. The van der Waals surface area contributed by atoms with Crippen molar-refractivity contribution in [3.8, 4) is 0 Å². The van der Waals surface area contributed by atoms with Crippen LogP contribution in [0.5, 0.6) is 0 Å². The van der Waals surface area contributed by atoms with Gasteiger partial charge in [-0.3, -0.25) is 9.79 Å². The number of carbonyl (C=O) groups is 1. The third kappa shape index (κ3) is 4.72. The van der Waals surface area contributed by atoms with Crippen molar-refractivity contribution >= 4 is 29.2 Å². The van der Waals surface area contributed by atoms with Crippen molar-refractivity contribution in [2.24, 2.45) is 16.5 Å². The molecule has 0 saturated heterocycles. The molecule has 1 aromatic rings. The molecule has 27 heavy (non-hydrogen) atoms. The maximum atomic E-state index is 14.2. The number of carbonyl (C=O) groups excluding carboxylic acids is 1. The van der Waals surface area contributed by atoms with E-state index in [1.807, 2.05) is 7.05 Å². The van der Waals surface area contributed by atoms with Gasteiger partial charge in [0.15, 0.2) is 6.21 Å². The molecule has 0 radical (unpaired) electrons. The Kier molecular flexibility index (Phi) is 6.70. The first-order valence-corrected chi connectivity index (χ1v) is 8.63. The minimum Gasteiger partial charge on any atom is -0.404 e. The fourth-order valence-electron chi connectivity index (χ4n) is 2.92. The van der Waals surface area contributed by atoms with E-state index in [-0.39, 0.29) is 5.91 Å². The molecule has 1 aromatic carbocycles. The predicted molar refractivity (Wildman–Crippen MR) is 106 cm³/mol. The molecule has 1 aliphatic heterocycles. The van der Waals surface area contributed by atoms with Crippen LogP contribution in [0, 0.1) is 5.82 Å². The third-order valence-corrected chi connectivity index (χ3v) is 4.39. The van der Waals surface area contributed by atoms with Crippen LogP contribution in [0.15, 0.2) is 40.7 Å². The Hall–Kier alpha value is -3.16. The maximum Gasteiger partial charge on any atom is 0.219 e. The first kappa shape index (κ1) is 20.2. The Morgan fingerprint density at radius 3 is 2.78 bits per heavy atom. The van der Waals surface area contributed by atoms with E-state index in [2.05, 4.69) is 15.3 Å². The highest BCUT2D eigenvalue weighted by atomic mass is 19.1. The SMILES string of the molecule is CNC1=C(C(N)=Nc2ccc(F)c(C(C=[NH+]C)=CN)c2)CN(C(C)=O)CC1.